The summed E-state index contributed by atoms with van der Waals surface area (Å²) in [6.07, 6.45) is 0. The van der Waals surface area contributed by atoms with Gasteiger partial charge in [0.2, 0.25) is 10.0 Å². The topological polar surface area (TPSA) is 94.6 Å². The van der Waals surface area contributed by atoms with Crippen LogP contribution in [0.2, 0.25) is 0 Å². The molecule has 1 aromatic heterocycles. The van der Waals surface area contributed by atoms with Crippen molar-refractivity contribution in [1.29, 1.82) is 0 Å². The molecule has 3 rings (SSSR count). The Morgan fingerprint density at radius 3 is 2.37 bits per heavy atom. The van der Waals surface area contributed by atoms with E-state index in [2.05, 4.69) is 5.16 Å². The van der Waals surface area contributed by atoms with Gasteiger partial charge in [0.25, 0.3) is 0 Å². The fourth-order valence-electron chi connectivity index (χ4n) is 2.43. The highest BCUT2D eigenvalue weighted by Gasteiger charge is 2.17. The van der Waals surface area contributed by atoms with Crippen LogP contribution < -0.4 is 10.5 Å². The van der Waals surface area contributed by atoms with Crippen molar-refractivity contribution in [2.45, 2.75) is 11.4 Å². The average molecular weight is 389 g/mol. The molecule has 8 nitrogen and oxygen atoms in total. The fraction of sp³-hybridized carbons (Fsp3) is 0.222. The van der Waals surface area contributed by atoms with E-state index >= 15 is 0 Å². The Labute approximate surface area is 156 Å². The highest BCUT2D eigenvalue weighted by atomic mass is 32.2. The van der Waals surface area contributed by atoms with Gasteiger partial charge in [0.05, 0.1) is 11.4 Å². The van der Waals surface area contributed by atoms with Crippen LogP contribution in [0, 0.1) is 0 Å². The summed E-state index contributed by atoms with van der Waals surface area (Å²) in [5.41, 5.74) is 0.765. The number of sulfonamides is 1. The molecule has 0 amide bonds. The van der Waals surface area contributed by atoms with Gasteiger partial charge < -0.3 is 4.74 Å². The third-order valence-electron chi connectivity index (χ3n) is 3.90. The van der Waals surface area contributed by atoms with E-state index in [1.165, 1.54) is 30.8 Å². The zero-order valence-corrected chi connectivity index (χ0v) is 15.7. The SMILES string of the molecule is CN(C)S(=O)(=O)c1ccc(OCCn2c(-c3ccccc3)noc2=O)cc1. The quantitative estimate of drug-likeness (QED) is 0.612. The number of aromatic nitrogens is 2. The molecule has 9 heteroatoms. The molecule has 1 heterocycles. The predicted molar refractivity (Wildman–Crippen MR) is 99.0 cm³/mol. The monoisotopic (exact) mass is 389 g/mol. The van der Waals surface area contributed by atoms with E-state index in [1.54, 1.807) is 12.1 Å². The first-order valence-electron chi connectivity index (χ1n) is 8.17. The molecule has 0 saturated heterocycles. The standard InChI is InChI=1S/C18H19N3O5S/c1-20(2)27(23,24)16-10-8-15(9-11-16)25-13-12-21-17(19-26-18(21)22)14-6-4-3-5-7-14/h3-11H,12-13H2,1-2H3. The van der Waals surface area contributed by atoms with Crippen LogP contribution in [0.5, 0.6) is 5.75 Å². The van der Waals surface area contributed by atoms with Crippen molar-refractivity contribution in [3.8, 4) is 17.1 Å². The predicted octanol–water partition coefficient (Wildman–Crippen LogP) is 1.83. The molecular formula is C18H19N3O5S. The minimum atomic E-state index is -3.48. The molecule has 0 spiro atoms. The number of benzene rings is 2. The second kappa shape index (κ2) is 7.77. The molecular weight excluding hydrogens is 370 g/mol. The molecule has 0 atom stereocenters. The van der Waals surface area contributed by atoms with Gasteiger partial charge in [0.15, 0.2) is 5.82 Å². The maximum Gasteiger partial charge on any atom is 0.441 e. The van der Waals surface area contributed by atoms with Crippen molar-refractivity contribution in [1.82, 2.24) is 14.0 Å². The molecule has 142 valence electrons. The summed E-state index contributed by atoms with van der Waals surface area (Å²) < 4.78 is 37.0. The molecule has 0 N–H and O–H groups in total. The van der Waals surface area contributed by atoms with Gasteiger partial charge in [-0.1, -0.05) is 35.5 Å². The summed E-state index contributed by atoms with van der Waals surface area (Å²) in [4.78, 5) is 12.1. The van der Waals surface area contributed by atoms with E-state index in [0.29, 0.717) is 11.6 Å². The molecule has 0 aliphatic rings. The first-order valence-corrected chi connectivity index (χ1v) is 9.61. The van der Waals surface area contributed by atoms with Crippen molar-refractivity contribution in [3.63, 3.8) is 0 Å². The third-order valence-corrected chi connectivity index (χ3v) is 5.73. The Morgan fingerprint density at radius 1 is 1.07 bits per heavy atom. The normalized spacial score (nSPS) is 11.7. The van der Waals surface area contributed by atoms with Crippen molar-refractivity contribution >= 4 is 10.0 Å². The van der Waals surface area contributed by atoms with Crippen LogP contribution >= 0.6 is 0 Å². The Morgan fingerprint density at radius 2 is 1.74 bits per heavy atom. The van der Waals surface area contributed by atoms with Crippen molar-refractivity contribution in [2.24, 2.45) is 0 Å². The molecule has 2 aromatic carbocycles. The number of ether oxygens (including phenoxy) is 1. The smallest absolute Gasteiger partial charge is 0.441 e. The molecule has 27 heavy (non-hydrogen) atoms. The lowest BCUT2D eigenvalue weighted by Gasteiger charge is -2.12. The average Bonchev–Trinajstić information content (AvgIpc) is 3.03. The van der Waals surface area contributed by atoms with Gasteiger partial charge in [-0.3, -0.25) is 9.09 Å². The van der Waals surface area contributed by atoms with E-state index in [0.717, 1.165) is 9.87 Å². The Hall–Kier alpha value is -2.91. The van der Waals surface area contributed by atoms with Crippen LogP contribution in [0.15, 0.2) is 68.8 Å². The summed E-state index contributed by atoms with van der Waals surface area (Å²) >= 11 is 0. The number of rotatable bonds is 7. The highest BCUT2D eigenvalue weighted by molar-refractivity contribution is 7.89. The fourth-order valence-corrected chi connectivity index (χ4v) is 3.34. The van der Waals surface area contributed by atoms with E-state index in [1.807, 2.05) is 30.3 Å². The Kier molecular flexibility index (Phi) is 5.43. The lowest BCUT2D eigenvalue weighted by molar-refractivity contribution is 0.290. The van der Waals surface area contributed by atoms with Crippen LogP contribution in [0.1, 0.15) is 0 Å². The number of nitrogens with zero attached hydrogens (tertiary/aromatic N) is 3. The second-order valence-corrected chi connectivity index (χ2v) is 8.05. The van der Waals surface area contributed by atoms with Crippen LogP contribution in [-0.2, 0) is 16.6 Å². The maximum absolute atomic E-state index is 12.1. The zero-order chi connectivity index (χ0) is 19.4. The van der Waals surface area contributed by atoms with Gasteiger partial charge >= 0.3 is 5.76 Å². The van der Waals surface area contributed by atoms with Crippen LogP contribution in [-0.4, -0.2) is 43.1 Å². The highest BCUT2D eigenvalue weighted by Crippen LogP contribution is 2.19. The molecule has 0 aliphatic carbocycles. The lowest BCUT2D eigenvalue weighted by Crippen LogP contribution is -2.22. The lowest BCUT2D eigenvalue weighted by atomic mass is 10.2. The third kappa shape index (κ3) is 4.09. The first kappa shape index (κ1) is 18.9. The zero-order valence-electron chi connectivity index (χ0n) is 14.9. The van der Waals surface area contributed by atoms with E-state index in [4.69, 9.17) is 9.26 Å². The van der Waals surface area contributed by atoms with Gasteiger partial charge in [-0.2, -0.15) is 0 Å². The van der Waals surface area contributed by atoms with Crippen LogP contribution in [0.4, 0.5) is 0 Å². The largest absolute Gasteiger partial charge is 0.492 e. The van der Waals surface area contributed by atoms with Crippen molar-refractivity contribution in [2.75, 3.05) is 20.7 Å². The summed E-state index contributed by atoms with van der Waals surface area (Å²) in [5.74, 6) is 0.361. The molecule has 0 unspecified atom stereocenters. The van der Waals surface area contributed by atoms with Crippen LogP contribution in [0.25, 0.3) is 11.4 Å². The maximum atomic E-state index is 12.1. The van der Waals surface area contributed by atoms with Gasteiger partial charge in [-0.05, 0) is 24.3 Å². The summed E-state index contributed by atoms with van der Waals surface area (Å²) in [7, 11) is -0.534. The summed E-state index contributed by atoms with van der Waals surface area (Å²) in [5, 5.41) is 3.82. The van der Waals surface area contributed by atoms with Crippen LogP contribution in [0.3, 0.4) is 0 Å². The van der Waals surface area contributed by atoms with Gasteiger partial charge in [0.1, 0.15) is 12.4 Å². The minimum absolute atomic E-state index is 0.182. The number of hydrogen-bond donors (Lipinski definition) is 0. The second-order valence-electron chi connectivity index (χ2n) is 5.90. The first-order chi connectivity index (χ1) is 12.9. The molecule has 0 aliphatic heterocycles. The van der Waals surface area contributed by atoms with Gasteiger partial charge in [-0.25, -0.2) is 17.5 Å². The Bertz CT molecular complexity index is 1050. The molecule has 3 aromatic rings. The van der Waals surface area contributed by atoms with E-state index < -0.39 is 15.8 Å². The molecule has 0 radical (unpaired) electrons. The van der Waals surface area contributed by atoms with Gasteiger partial charge in [-0.15, -0.1) is 0 Å². The van der Waals surface area contributed by atoms with E-state index in [-0.39, 0.29) is 18.0 Å². The number of hydrogen-bond acceptors (Lipinski definition) is 6. The molecule has 0 saturated carbocycles. The van der Waals surface area contributed by atoms with E-state index in [9.17, 15) is 13.2 Å². The van der Waals surface area contributed by atoms with Crippen molar-refractivity contribution in [3.05, 3.63) is 65.1 Å². The van der Waals surface area contributed by atoms with Gasteiger partial charge in [0, 0.05) is 19.7 Å². The minimum Gasteiger partial charge on any atom is -0.492 e. The summed E-state index contributed by atoms with van der Waals surface area (Å²) in [6.45, 7) is 0.436. The molecule has 0 bridgehead atoms. The van der Waals surface area contributed by atoms with Crippen molar-refractivity contribution < 1.29 is 17.7 Å². The summed E-state index contributed by atoms with van der Waals surface area (Å²) in [6, 6.07) is 15.3. The Balaban J connectivity index is 1.68. The molecule has 0 fully saturated rings.